The van der Waals surface area contributed by atoms with Crippen molar-refractivity contribution in [3.05, 3.63) is 0 Å². The molecule has 3 nitrogen and oxygen atoms in total. The molecule has 2 atom stereocenters. The van der Waals surface area contributed by atoms with Crippen LogP contribution in [0.25, 0.3) is 0 Å². The molecule has 1 fully saturated rings. The zero-order valence-electron chi connectivity index (χ0n) is 8.79. The topological polar surface area (TPSA) is 55.1 Å². The zero-order chi connectivity index (χ0) is 10.4. The summed E-state index contributed by atoms with van der Waals surface area (Å²) in [6.45, 7) is 2.72. The summed E-state index contributed by atoms with van der Waals surface area (Å²) >= 11 is 1.97. The molecule has 0 saturated carbocycles. The third-order valence-electron chi connectivity index (χ3n) is 2.55. The Morgan fingerprint density at radius 2 is 2.43 bits per heavy atom. The Morgan fingerprint density at radius 3 is 3.00 bits per heavy atom. The lowest BCUT2D eigenvalue weighted by molar-refractivity contribution is -0.122. The van der Waals surface area contributed by atoms with Gasteiger partial charge in [-0.05, 0) is 25.0 Å². The Bertz CT molecular complexity index is 181. The predicted molar refractivity (Wildman–Crippen MR) is 61.4 cm³/mol. The normalized spacial score (nSPS) is 24.3. The number of hydrogen-bond acceptors (Lipinski definition) is 3. The van der Waals surface area contributed by atoms with Crippen LogP contribution in [0.5, 0.6) is 0 Å². The van der Waals surface area contributed by atoms with Gasteiger partial charge in [0.15, 0.2) is 0 Å². The maximum absolute atomic E-state index is 11.4. The van der Waals surface area contributed by atoms with Gasteiger partial charge in [0.05, 0.1) is 6.04 Å². The highest BCUT2D eigenvalue weighted by Gasteiger charge is 2.16. The molecule has 14 heavy (non-hydrogen) atoms. The molecule has 1 aliphatic rings. The van der Waals surface area contributed by atoms with Crippen molar-refractivity contribution in [3.8, 4) is 0 Å². The van der Waals surface area contributed by atoms with Crippen molar-refractivity contribution in [2.75, 3.05) is 12.3 Å². The Hall–Kier alpha value is -0.220. The second kappa shape index (κ2) is 6.30. The predicted octanol–water partition coefficient (Wildman–Crippen LogP) is 1.13. The molecule has 1 heterocycles. The number of carbonyl (C=O) groups is 1. The lowest BCUT2D eigenvalue weighted by atomic mass is 10.2. The molecule has 0 aliphatic carbocycles. The van der Waals surface area contributed by atoms with E-state index in [4.69, 9.17) is 5.73 Å². The Kier molecular flexibility index (Phi) is 5.33. The molecule has 0 aromatic carbocycles. The number of carbonyl (C=O) groups excluding carboxylic acids is 1. The Morgan fingerprint density at radius 1 is 1.64 bits per heavy atom. The van der Waals surface area contributed by atoms with Gasteiger partial charge in [0.1, 0.15) is 0 Å². The molecule has 1 saturated heterocycles. The number of rotatable bonds is 4. The second-order valence-corrected chi connectivity index (χ2v) is 5.16. The van der Waals surface area contributed by atoms with E-state index in [-0.39, 0.29) is 11.9 Å². The highest BCUT2D eigenvalue weighted by atomic mass is 32.2. The first-order valence-corrected chi connectivity index (χ1v) is 6.43. The highest BCUT2D eigenvalue weighted by molar-refractivity contribution is 7.99. The van der Waals surface area contributed by atoms with Gasteiger partial charge in [-0.1, -0.05) is 13.3 Å². The van der Waals surface area contributed by atoms with Crippen molar-refractivity contribution in [2.24, 2.45) is 5.73 Å². The third kappa shape index (κ3) is 3.88. The zero-order valence-corrected chi connectivity index (χ0v) is 9.61. The number of nitrogens with one attached hydrogen (secondary N) is 1. The van der Waals surface area contributed by atoms with E-state index in [9.17, 15) is 4.79 Å². The molecule has 4 heteroatoms. The summed E-state index contributed by atoms with van der Waals surface area (Å²) in [6, 6.07) is -0.330. The van der Waals surface area contributed by atoms with Gasteiger partial charge < -0.3 is 11.1 Å². The van der Waals surface area contributed by atoms with Gasteiger partial charge in [0.2, 0.25) is 5.91 Å². The molecule has 0 spiro atoms. The van der Waals surface area contributed by atoms with Crippen LogP contribution < -0.4 is 11.1 Å². The van der Waals surface area contributed by atoms with E-state index in [2.05, 4.69) is 5.32 Å². The second-order valence-electron chi connectivity index (χ2n) is 3.75. The molecule has 1 rings (SSSR count). The molecule has 0 bridgehead atoms. The Labute approximate surface area is 90.2 Å². The van der Waals surface area contributed by atoms with Crippen LogP contribution in [-0.4, -0.2) is 29.5 Å². The van der Waals surface area contributed by atoms with Crippen molar-refractivity contribution in [2.45, 2.75) is 43.9 Å². The summed E-state index contributed by atoms with van der Waals surface area (Å²) in [5.41, 5.74) is 5.61. The molecule has 0 aromatic rings. The van der Waals surface area contributed by atoms with Gasteiger partial charge >= 0.3 is 0 Å². The minimum atomic E-state index is -0.330. The quantitative estimate of drug-likeness (QED) is 0.740. The number of amides is 1. The molecule has 1 unspecified atom stereocenters. The van der Waals surface area contributed by atoms with Gasteiger partial charge in [-0.25, -0.2) is 0 Å². The summed E-state index contributed by atoms with van der Waals surface area (Å²) in [5.74, 6) is 1.24. The van der Waals surface area contributed by atoms with Crippen molar-refractivity contribution in [1.82, 2.24) is 5.32 Å². The minimum Gasteiger partial charge on any atom is -0.354 e. The van der Waals surface area contributed by atoms with Gasteiger partial charge in [0, 0.05) is 11.8 Å². The van der Waals surface area contributed by atoms with Crippen LogP contribution in [0.2, 0.25) is 0 Å². The molecular weight excluding hydrogens is 196 g/mol. The van der Waals surface area contributed by atoms with Crippen LogP contribution in [0.3, 0.4) is 0 Å². The van der Waals surface area contributed by atoms with Gasteiger partial charge in [-0.3, -0.25) is 4.79 Å². The van der Waals surface area contributed by atoms with E-state index in [1.165, 1.54) is 25.0 Å². The van der Waals surface area contributed by atoms with E-state index >= 15 is 0 Å². The number of nitrogens with two attached hydrogens (primary N) is 1. The maximum atomic E-state index is 11.4. The first kappa shape index (κ1) is 11.9. The van der Waals surface area contributed by atoms with Crippen LogP contribution in [0, 0.1) is 0 Å². The summed E-state index contributed by atoms with van der Waals surface area (Å²) in [7, 11) is 0. The lowest BCUT2D eigenvalue weighted by Gasteiger charge is -2.22. The van der Waals surface area contributed by atoms with Crippen molar-refractivity contribution in [1.29, 1.82) is 0 Å². The summed E-state index contributed by atoms with van der Waals surface area (Å²) < 4.78 is 0. The SMILES string of the molecule is CC[C@@H](N)C(=O)NCC1CCCCS1. The smallest absolute Gasteiger partial charge is 0.236 e. The number of thioether (sulfide) groups is 1. The van der Waals surface area contributed by atoms with Crippen molar-refractivity contribution < 1.29 is 4.79 Å². The molecule has 0 radical (unpaired) electrons. The lowest BCUT2D eigenvalue weighted by Crippen LogP contribution is -2.42. The van der Waals surface area contributed by atoms with Crippen molar-refractivity contribution in [3.63, 3.8) is 0 Å². The molecule has 82 valence electrons. The molecular formula is C10H20N2OS. The molecule has 0 aromatic heterocycles. The van der Waals surface area contributed by atoms with E-state index in [1.54, 1.807) is 0 Å². The highest BCUT2D eigenvalue weighted by Crippen LogP contribution is 2.24. The average Bonchev–Trinajstić information content (AvgIpc) is 2.26. The standard InChI is InChI=1S/C10H20N2OS/c1-2-9(11)10(13)12-7-8-5-3-4-6-14-8/h8-9H,2-7,11H2,1H3,(H,12,13)/t8?,9-/m1/s1. The van der Waals surface area contributed by atoms with Crippen LogP contribution in [-0.2, 0) is 4.79 Å². The monoisotopic (exact) mass is 216 g/mol. The van der Waals surface area contributed by atoms with E-state index in [0.717, 1.165) is 6.54 Å². The van der Waals surface area contributed by atoms with Gasteiger partial charge in [0.25, 0.3) is 0 Å². The van der Waals surface area contributed by atoms with E-state index in [1.807, 2.05) is 18.7 Å². The fourth-order valence-corrected chi connectivity index (χ4v) is 2.74. The molecule has 1 aliphatic heterocycles. The summed E-state index contributed by atoms with van der Waals surface area (Å²) in [6.07, 6.45) is 4.56. The first-order chi connectivity index (χ1) is 6.74. The first-order valence-electron chi connectivity index (χ1n) is 5.39. The van der Waals surface area contributed by atoms with Gasteiger partial charge in [-0.15, -0.1) is 0 Å². The maximum Gasteiger partial charge on any atom is 0.236 e. The average molecular weight is 216 g/mol. The van der Waals surface area contributed by atoms with E-state index < -0.39 is 0 Å². The molecule has 1 amide bonds. The van der Waals surface area contributed by atoms with Gasteiger partial charge in [-0.2, -0.15) is 11.8 Å². The van der Waals surface area contributed by atoms with E-state index in [0.29, 0.717) is 11.7 Å². The number of hydrogen-bond donors (Lipinski definition) is 2. The fraction of sp³-hybridized carbons (Fsp3) is 0.900. The van der Waals surface area contributed by atoms with Crippen LogP contribution >= 0.6 is 11.8 Å². The fourth-order valence-electron chi connectivity index (χ4n) is 1.50. The minimum absolute atomic E-state index is 0.00123. The largest absolute Gasteiger partial charge is 0.354 e. The van der Waals surface area contributed by atoms with Crippen molar-refractivity contribution >= 4 is 17.7 Å². The summed E-state index contributed by atoms with van der Waals surface area (Å²) in [5, 5.41) is 3.53. The van der Waals surface area contributed by atoms with Crippen LogP contribution in [0.15, 0.2) is 0 Å². The molecule has 3 N–H and O–H groups in total. The summed E-state index contributed by atoms with van der Waals surface area (Å²) in [4.78, 5) is 11.4. The van der Waals surface area contributed by atoms with Crippen LogP contribution in [0.1, 0.15) is 32.6 Å². The third-order valence-corrected chi connectivity index (χ3v) is 3.95. The van der Waals surface area contributed by atoms with Crippen LogP contribution in [0.4, 0.5) is 0 Å². The Balaban J connectivity index is 2.15.